The van der Waals surface area contributed by atoms with Crippen LogP contribution in [0.2, 0.25) is 0 Å². The number of anilines is 1. The Morgan fingerprint density at radius 3 is 2.58 bits per heavy atom. The maximum atomic E-state index is 12.6. The first-order valence-corrected chi connectivity index (χ1v) is 8.11. The number of alkyl halides is 3. The molecule has 0 radical (unpaired) electrons. The molecule has 2 amide bonds. The largest absolute Gasteiger partial charge is 0.481 e. The van der Waals surface area contributed by atoms with Gasteiger partial charge in [0, 0.05) is 18.0 Å². The van der Waals surface area contributed by atoms with Gasteiger partial charge < -0.3 is 15.3 Å². The first-order chi connectivity index (χ1) is 11.2. The Morgan fingerprint density at radius 1 is 1.29 bits per heavy atom. The summed E-state index contributed by atoms with van der Waals surface area (Å²) in [4.78, 5) is 24.7. The van der Waals surface area contributed by atoms with Crippen LogP contribution in [0, 0.1) is 11.8 Å². The molecule has 24 heavy (non-hydrogen) atoms. The van der Waals surface area contributed by atoms with Gasteiger partial charge in [0.05, 0.1) is 11.6 Å². The highest BCUT2D eigenvalue weighted by Crippen LogP contribution is 2.40. The Balaban J connectivity index is 2.11. The fraction of sp³-hybridized carbons (Fsp3) is 0.467. The number of benzene rings is 1. The Kier molecular flexibility index (Phi) is 5.63. The van der Waals surface area contributed by atoms with Crippen LogP contribution in [0.5, 0.6) is 0 Å². The summed E-state index contributed by atoms with van der Waals surface area (Å²) in [6.07, 6.45) is 0.472. The zero-order valence-electron chi connectivity index (χ0n) is 12.8. The van der Waals surface area contributed by atoms with Gasteiger partial charge in [0.2, 0.25) is 0 Å². The average Bonchev–Trinajstić information content (AvgIpc) is 2.47. The molecule has 0 aromatic heterocycles. The zero-order chi connectivity index (χ0) is 17.9. The standard InChI is InChI=1S/C15H17F3N2O3S/c1-9-6-10(13(21)22)8-20(7-9)14(23)19-11-4-2-3-5-12(11)24-15(16,17)18/h2-5,9-10H,6-8H2,1H3,(H,19,23)(H,21,22). The third kappa shape index (κ3) is 5.05. The minimum absolute atomic E-state index is 0.00499. The Morgan fingerprint density at radius 2 is 1.96 bits per heavy atom. The van der Waals surface area contributed by atoms with E-state index < -0.39 is 23.4 Å². The van der Waals surface area contributed by atoms with E-state index in [4.69, 9.17) is 5.11 Å². The summed E-state index contributed by atoms with van der Waals surface area (Å²) in [5, 5.41) is 11.6. The van der Waals surface area contributed by atoms with E-state index in [2.05, 4.69) is 5.32 Å². The van der Waals surface area contributed by atoms with Gasteiger partial charge in [0.15, 0.2) is 0 Å². The highest BCUT2D eigenvalue weighted by molar-refractivity contribution is 8.00. The fourth-order valence-corrected chi connectivity index (χ4v) is 3.30. The average molecular weight is 362 g/mol. The van der Waals surface area contributed by atoms with Crippen molar-refractivity contribution in [3.05, 3.63) is 24.3 Å². The lowest BCUT2D eigenvalue weighted by molar-refractivity contribution is -0.143. The van der Waals surface area contributed by atoms with E-state index in [0.717, 1.165) is 0 Å². The number of para-hydroxylation sites is 1. The van der Waals surface area contributed by atoms with E-state index in [9.17, 15) is 22.8 Å². The molecule has 1 aromatic carbocycles. The molecule has 1 saturated heterocycles. The van der Waals surface area contributed by atoms with Gasteiger partial charge in [-0.2, -0.15) is 13.2 Å². The number of nitrogens with zero attached hydrogens (tertiary/aromatic N) is 1. The molecule has 1 aliphatic heterocycles. The number of nitrogens with one attached hydrogen (secondary N) is 1. The van der Waals surface area contributed by atoms with Gasteiger partial charge in [0.1, 0.15) is 0 Å². The quantitative estimate of drug-likeness (QED) is 0.801. The lowest BCUT2D eigenvalue weighted by Crippen LogP contribution is -2.47. The van der Waals surface area contributed by atoms with Crippen molar-refractivity contribution in [2.45, 2.75) is 23.7 Å². The van der Waals surface area contributed by atoms with E-state index >= 15 is 0 Å². The highest BCUT2D eigenvalue weighted by Gasteiger charge is 2.33. The van der Waals surface area contributed by atoms with Gasteiger partial charge in [-0.25, -0.2) is 4.79 Å². The number of carbonyl (C=O) groups excluding carboxylic acids is 1. The van der Waals surface area contributed by atoms with Gasteiger partial charge in [-0.1, -0.05) is 19.1 Å². The molecule has 2 unspecified atom stereocenters. The number of carbonyl (C=O) groups is 2. The molecule has 0 bridgehead atoms. The molecule has 2 rings (SSSR count). The van der Waals surface area contributed by atoms with Crippen LogP contribution >= 0.6 is 11.8 Å². The summed E-state index contributed by atoms with van der Waals surface area (Å²) < 4.78 is 37.7. The first kappa shape index (κ1) is 18.4. The number of aliphatic carboxylic acids is 1. The van der Waals surface area contributed by atoms with Gasteiger partial charge >= 0.3 is 17.5 Å². The van der Waals surface area contributed by atoms with Crippen molar-refractivity contribution < 1.29 is 27.9 Å². The number of thioether (sulfide) groups is 1. The second kappa shape index (κ2) is 7.33. The van der Waals surface area contributed by atoms with Crippen LogP contribution in [-0.2, 0) is 4.79 Å². The van der Waals surface area contributed by atoms with Crippen molar-refractivity contribution in [3.63, 3.8) is 0 Å². The second-order valence-corrected chi connectivity index (χ2v) is 6.86. The van der Waals surface area contributed by atoms with E-state index in [-0.39, 0.29) is 34.8 Å². The number of rotatable bonds is 3. The van der Waals surface area contributed by atoms with E-state index in [1.165, 1.54) is 29.2 Å². The lowest BCUT2D eigenvalue weighted by Gasteiger charge is -2.34. The molecule has 0 spiro atoms. The third-order valence-corrected chi connectivity index (χ3v) is 4.46. The molecule has 9 heteroatoms. The van der Waals surface area contributed by atoms with Crippen LogP contribution in [0.1, 0.15) is 13.3 Å². The molecule has 1 fully saturated rings. The molecule has 1 aliphatic rings. The van der Waals surface area contributed by atoms with E-state index in [1.807, 2.05) is 6.92 Å². The zero-order valence-corrected chi connectivity index (χ0v) is 13.7. The SMILES string of the molecule is CC1CC(C(=O)O)CN(C(=O)Nc2ccccc2SC(F)(F)F)C1. The lowest BCUT2D eigenvalue weighted by atomic mass is 9.91. The number of carboxylic acids is 1. The maximum Gasteiger partial charge on any atom is 0.446 e. The molecule has 5 nitrogen and oxygen atoms in total. The number of hydrogen-bond donors (Lipinski definition) is 2. The maximum absolute atomic E-state index is 12.6. The van der Waals surface area contributed by atoms with Crippen LogP contribution in [0.15, 0.2) is 29.2 Å². The van der Waals surface area contributed by atoms with Gasteiger partial charge in [0.25, 0.3) is 0 Å². The number of amides is 2. The smallest absolute Gasteiger partial charge is 0.446 e. The number of hydrogen-bond acceptors (Lipinski definition) is 3. The summed E-state index contributed by atoms with van der Waals surface area (Å²) in [5.41, 5.74) is -4.41. The molecule has 132 valence electrons. The number of piperidine rings is 1. The van der Waals surface area contributed by atoms with Crippen LogP contribution in [0.3, 0.4) is 0 Å². The molecular weight excluding hydrogens is 345 g/mol. The summed E-state index contributed by atoms with van der Waals surface area (Å²) >= 11 is -0.305. The van der Waals surface area contributed by atoms with Crippen LogP contribution in [-0.4, -0.2) is 40.6 Å². The normalized spacial score (nSPS) is 21.4. The Labute approximate surface area is 141 Å². The van der Waals surface area contributed by atoms with Crippen LogP contribution < -0.4 is 5.32 Å². The highest BCUT2D eigenvalue weighted by atomic mass is 32.2. The van der Waals surface area contributed by atoms with Crippen LogP contribution in [0.25, 0.3) is 0 Å². The van der Waals surface area contributed by atoms with Gasteiger partial charge in [-0.15, -0.1) is 0 Å². The minimum Gasteiger partial charge on any atom is -0.481 e. The first-order valence-electron chi connectivity index (χ1n) is 7.29. The number of halogens is 3. The topological polar surface area (TPSA) is 69.6 Å². The Bertz CT molecular complexity index is 624. The number of urea groups is 1. The molecular formula is C15H17F3N2O3S. The van der Waals surface area contributed by atoms with Crippen molar-refractivity contribution in [2.75, 3.05) is 18.4 Å². The molecule has 2 atom stereocenters. The molecule has 0 saturated carbocycles. The van der Waals surface area contributed by atoms with Crippen molar-refractivity contribution in [2.24, 2.45) is 11.8 Å². The number of likely N-dealkylation sites (tertiary alicyclic amines) is 1. The third-order valence-electron chi connectivity index (χ3n) is 3.65. The van der Waals surface area contributed by atoms with Crippen molar-refractivity contribution in [3.8, 4) is 0 Å². The molecule has 1 aromatic rings. The van der Waals surface area contributed by atoms with Crippen molar-refractivity contribution in [1.29, 1.82) is 0 Å². The molecule has 2 N–H and O–H groups in total. The Hall–Kier alpha value is -1.90. The van der Waals surface area contributed by atoms with E-state index in [0.29, 0.717) is 13.0 Å². The summed E-state index contributed by atoms with van der Waals surface area (Å²) in [6.45, 7) is 2.24. The summed E-state index contributed by atoms with van der Waals surface area (Å²) in [6, 6.07) is 5.03. The minimum atomic E-state index is -4.46. The fourth-order valence-electron chi connectivity index (χ4n) is 2.67. The predicted octanol–water partition coefficient (Wildman–Crippen LogP) is 3.87. The molecule has 0 aliphatic carbocycles. The van der Waals surface area contributed by atoms with Crippen LogP contribution in [0.4, 0.5) is 23.7 Å². The van der Waals surface area contributed by atoms with Gasteiger partial charge in [-0.05, 0) is 36.2 Å². The van der Waals surface area contributed by atoms with E-state index in [1.54, 1.807) is 0 Å². The number of carboxylic acid groups (broad SMARTS) is 1. The van der Waals surface area contributed by atoms with Crippen molar-refractivity contribution in [1.82, 2.24) is 4.90 Å². The summed E-state index contributed by atoms with van der Waals surface area (Å²) in [5.74, 6) is -1.64. The monoisotopic (exact) mass is 362 g/mol. The van der Waals surface area contributed by atoms with Crippen molar-refractivity contribution >= 4 is 29.4 Å². The molecule has 1 heterocycles. The predicted molar refractivity (Wildman–Crippen MR) is 83.9 cm³/mol. The summed E-state index contributed by atoms with van der Waals surface area (Å²) in [7, 11) is 0. The second-order valence-electron chi connectivity index (χ2n) is 5.76. The van der Waals surface area contributed by atoms with Gasteiger partial charge in [-0.3, -0.25) is 4.79 Å².